The van der Waals surface area contributed by atoms with E-state index in [4.69, 9.17) is 0 Å². The lowest BCUT2D eigenvalue weighted by Crippen LogP contribution is -2.27. The van der Waals surface area contributed by atoms with Crippen molar-refractivity contribution in [2.24, 2.45) is 5.92 Å². The van der Waals surface area contributed by atoms with Gasteiger partial charge in [0.2, 0.25) is 0 Å². The first-order valence-electron chi connectivity index (χ1n) is 8.99. The van der Waals surface area contributed by atoms with Crippen molar-refractivity contribution in [1.29, 1.82) is 0 Å². The summed E-state index contributed by atoms with van der Waals surface area (Å²) in [5, 5.41) is 9.06. The van der Waals surface area contributed by atoms with Crippen LogP contribution in [0.5, 0.6) is 0 Å². The fourth-order valence-electron chi connectivity index (χ4n) is 3.60. The van der Waals surface area contributed by atoms with E-state index < -0.39 is 0 Å². The second kappa shape index (κ2) is 7.05. The highest BCUT2D eigenvalue weighted by Gasteiger charge is 2.16. The summed E-state index contributed by atoms with van der Waals surface area (Å²) in [6.07, 6.45) is 8.00. The van der Waals surface area contributed by atoms with Crippen LogP contribution < -0.4 is 5.56 Å². The second-order valence-electron chi connectivity index (χ2n) is 6.71. The Hall–Kier alpha value is -2.69. The average molecular weight is 334 g/mol. The standard InChI is InChI=1S/C20H22N4O/c25-20-12-11-18(22-23(20)15-16-7-3-1-4-8-16)19-13-14-21-24(19)17-9-5-2-6-10-17/h2,5-6,9-14,16H,1,3-4,7-8,15H2. The van der Waals surface area contributed by atoms with Gasteiger partial charge in [-0.1, -0.05) is 37.5 Å². The van der Waals surface area contributed by atoms with Crippen molar-refractivity contribution in [2.45, 2.75) is 38.6 Å². The van der Waals surface area contributed by atoms with E-state index in [0.717, 1.165) is 17.1 Å². The largest absolute Gasteiger partial charge is 0.268 e. The lowest BCUT2D eigenvalue weighted by Gasteiger charge is -2.21. The SMILES string of the molecule is O=c1ccc(-c2ccnn2-c2ccccc2)nn1CC1CCCCC1. The summed E-state index contributed by atoms with van der Waals surface area (Å²) in [7, 11) is 0. The van der Waals surface area contributed by atoms with Gasteiger partial charge in [-0.25, -0.2) is 9.36 Å². The monoisotopic (exact) mass is 334 g/mol. The van der Waals surface area contributed by atoms with Crippen molar-refractivity contribution in [3.63, 3.8) is 0 Å². The Morgan fingerprint density at radius 3 is 2.56 bits per heavy atom. The van der Waals surface area contributed by atoms with Crippen LogP contribution in [0.3, 0.4) is 0 Å². The lowest BCUT2D eigenvalue weighted by molar-refractivity contribution is 0.303. The summed E-state index contributed by atoms with van der Waals surface area (Å²) in [4.78, 5) is 12.2. The third-order valence-corrected chi connectivity index (χ3v) is 4.93. The molecule has 1 aromatic carbocycles. The third kappa shape index (κ3) is 3.40. The zero-order valence-electron chi connectivity index (χ0n) is 14.2. The van der Waals surface area contributed by atoms with Crippen LogP contribution in [0.2, 0.25) is 0 Å². The summed E-state index contributed by atoms with van der Waals surface area (Å²) < 4.78 is 3.49. The molecule has 2 aromatic heterocycles. The molecule has 0 N–H and O–H groups in total. The molecular weight excluding hydrogens is 312 g/mol. The molecule has 1 aliphatic carbocycles. The highest BCUT2D eigenvalue weighted by Crippen LogP contribution is 2.25. The second-order valence-corrected chi connectivity index (χ2v) is 6.71. The molecule has 4 rings (SSSR count). The minimum atomic E-state index is -0.0277. The lowest BCUT2D eigenvalue weighted by atomic mass is 9.89. The van der Waals surface area contributed by atoms with E-state index in [2.05, 4.69) is 10.2 Å². The maximum Gasteiger partial charge on any atom is 0.266 e. The molecule has 0 bridgehead atoms. The number of rotatable bonds is 4. The highest BCUT2D eigenvalue weighted by molar-refractivity contribution is 5.56. The summed E-state index contributed by atoms with van der Waals surface area (Å²) in [5.41, 5.74) is 2.62. The van der Waals surface area contributed by atoms with Crippen LogP contribution in [0, 0.1) is 5.92 Å². The first kappa shape index (κ1) is 15.8. The Balaban J connectivity index is 1.67. The molecule has 1 saturated carbocycles. The van der Waals surface area contributed by atoms with Crippen molar-refractivity contribution in [3.05, 3.63) is 65.1 Å². The highest BCUT2D eigenvalue weighted by atomic mass is 16.1. The normalized spacial score (nSPS) is 15.4. The van der Waals surface area contributed by atoms with Gasteiger partial charge >= 0.3 is 0 Å². The number of hydrogen-bond donors (Lipinski definition) is 0. The summed E-state index contributed by atoms with van der Waals surface area (Å²) in [6, 6.07) is 15.3. The summed E-state index contributed by atoms with van der Waals surface area (Å²) in [6.45, 7) is 0.714. The Bertz CT molecular complexity index is 891. The van der Waals surface area contributed by atoms with Gasteiger partial charge < -0.3 is 0 Å². The van der Waals surface area contributed by atoms with Gasteiger partial charge in [0.1, 0.15) is 5.69 Å². The quantitative estimate of drug-likeness (QED) is 0.731. The Labute approximate surface area is 146 Å². The van der Waals surface area contributed by atoms with E-state index in [1.807, 2.05) is 41.1 Å². The van der Waals surface area contributed by atoms with E-state index in [0.29, 0.717) is 12.5 Å². The molecule has 25 heavy (non-hydrogen) atoms. The number of hydrogen-bond acceptors (Lipinski definition) is 3. The summed E-state index contributed by atoms with van der Waals surface area (Å²) in [5.74, 6) is 0.563. The van der Waals surface area contributed by atoms with Crippen LogP contribution in [-0.2, 0) is 6.54 Å². The Morgan fingerprint density at radius 2 is 1.76 bits per heavy atom. The van der Waals surface area contributed by atoms with Gasteiger partial charge in [0.25, 0.3) is 5.56 Å². The number of para-hydroxylation sites is 1. The van der Waals surface area contributed by atoms with Crippen molar-refractivity contribution < 1.29 is 0 Å². The van der Waals surface area contributed by atoms with Gasteiger partial charge in [0.15, 0.2) is 0 Å². The van der Waals surface area contributed by atoms with E-state index in [-0.39, 0.29) is 5.56 Å². The predicted molar refractivity (Wildman–Crippen MR) is 97.6 cm³/mol. The molecule has 1 aliphatic rings. The molecule has 2 heterocycles. The topological polar surface area (TPSA) is 52.7 Å². The molecule has 0 radical (unpaired) electrons. The van der Waals surface area contributed by atoms with E-state index in [1.165, 1.54) is 32.1 Å². The first-order valence-corrected chi connectivity index (χ1v) is 8.99. The van der Waals surface area contributed by atoms with Gasteiger partial charge in [-0.05, 0) is 43.0 Å². The van der Waals surface area contributed by atoms with Crippen LogP contribution in [0.15, 0.2) is 59.5 Å². The van der Waals surface area contributed by atoms with Gasteiger partial charge in [-0.15, -0.1) is 0 Å². The predicted octanol–water partition coefficient (Wildman–Crippen LogP) is 3.68. The fraction of sp³-hybridized carbons (Fsp3) is 0.350. The number of nitrogens with zero attached hydrogens (tertiary/aromatic N) is 4. The molecule has 0 amide bonds. The first-order chi connectivity index (χ1) is 12.3. The zero-order chi connectivity index (χ0) is 17.1. The Kier molecular flexibility index (Phi) is 4.46. The molecular formula is C20H22N4O. The zero-order valence-corrected chi connectivity index (χ0v) is 14.2. The van der Waals surface area contributed by atoms with Crippen molar-refractivity contribution >= 4 is 0 Å². The Morgan fingerprint density at radius 1 is 0.960 bits per heavy atom. The molecule has 5 heteroatoms. The maximum atomic E-state index is 12.2. The smallest absolute Gasteiger partial charge is 0.266 e. The summed E-state index contributed by atoms with van der Waals surface area (Å²) >= 11 is 0. The molecule has 0 saturated heterocycles. The average Bonchev–Trinajstić information content (AvgIpc) is 3.15. The fourth-order valence-corrected chi connectivity index (χ4v) is 3.60. The van der Waals surface area contributed by atoms with Gasteiger partial charge in [-0.3, -0.25) is 4.79 Å². The molecule has 3 aromatic rings. The van der Waals surface area contributed by atoms with E-state index in [9.17, 15) is 4.79 Å². The van der Waals surface area contributed by atoms with Crippen LogP contribution >= 0.6 is 0 Å². The van der Waals surface area contributed by atoms with Crippen LogP contribution in [0.4, 0.5) is 0 Å². The van der Waals surface area contributed by atoms with E-state index in [1.54, 1.807) is 23.0 Å². The van der Waals surface area contributed by atoms with Gasteiger partial charge in [0, 0.05) is 12.6 Å². The van der Waals surface area contributed by atoms with Crippen LogP contribution in [0.25, 0.3) is 17.1 Å². The van der Waals surface area contributed by atoms with Crippen molar-refractivity contribution in [2.75, 3.05) is 0 Å². The molecule has 1 fully saturated rings. The molecule has 5 nitrogen and oxygen atoms in total. The third-order valence-electron chi connectivity index (χ3n) is 4.93. The van der Waals surface area contributed by atoms with Crippen molar-refractivity contribution in [3.8, 4) is 17.1 Å². The molecule has 0 unspecified atom stereocenters. The van der Waals surface area contributed by atoms with Gasteiger partial charge in [-0.2, -0.15) is 10.2 Å². The number of aromatic nitrogens is 4. The molecule has 128 valence electrons. The van der Waals surface area contributed by atoms with Gasteiger partial charge in [0.05, 0.1) is 17.6 Å². The van der Waals surface area contributed by atoms with Crippen LogP contribution in [-0.4, -0.2) is 19.6 Å². The molecule has 0 spiro atoms. The minimum absolute atomic E-state index is 0.0277. The number of benzene rings is 1. The van der Waals surface area contributed by atoms with E-state index >= 15 is 0 Å². The van der Waals surface area contributed by atoms with Crippen molar-refractivity contribution in [1.82, 2.24) is 19.6 Å². The minimum Gasteiger partial charge on any atom is -0.268 e. The van der Waals surface area contributed by atoms with Crippen LogP contribution in [0.1, 0.15) is 32.1 Å². The molecule has 0 atom stereocenters. The molecule has 0 aliphatic heterocycles. The maximum absolute atomic E-state index is 12.2.